The van der Waals surface area contributed by atoms with Crippen molar-refractivity contribution in [2.24, 2.45) is 0 Å². The number of fused-ring (bicyclic) bond motifs is 1. The van der Waals surface area contributed by atoms with Gasteiger partial charge in [-0.3, -0.25) is 4.98 Å². The van der Waals surface area contributed by atoms with Crippen LogP contribution in [-0.2, 0) is 9.47 Å². The van der Waals surface area contributed by atoms with E-state index in [9.17, 15) is 0 Å². The normalized spacial score (nSPS) is 23.0. The van der Waals surface area contributed by atoms with E-state index in [0.717, 1.165) is 30.1 Å². The molecule has 0 radical (unpaired) electrons. The summed E-state index contributed by atoms with van der Waals surface area (Å²) in [6, 6.07) is 6.22. The van der Waals surface area contributed by atoms with Crippen LogP contribution in [0, 0.1) is 0 Å². The van der Waals surface area contributed by atoms with Gasteiger partial charge in [0.15, 0.2) is 17.3 Å². The van der Waals surface area contributed by atoms with Gasteiger partial charge in [0.25, 0.3) is 0 Å². The van der Waals surface area contributed by atoms with Gasteiger partial charge in [0.05, 0.1) is 38.5 Å². The van der Waals surface area contributed by atoms with Gasteiger partial charge in [-0.2, -0.15) is 9.97 Å². The molecule has 2 aliphatic heterocycles. The maximum atomic E-state index is 5.64. The number of anilines is 2. The second-order valence-electron chi connectivity index (χ2n) is 7.58. The van der Waals surface area contributed by atoms with Gasteiger partial charge in [0.2, 0.25) is 5.95 Å². The summed E-state index contributed by atoms with van der Waals surface area (Å²) in [6.07, 6.45) is 1.76. The first-order valence-electron chi connectivity index (χ1n) is 10.1. The Hall–Kier alpha value is -2.78. The van der Waals surface area contributed by atoms with E-state index in [1.54, 1.807) is 6.20 Å². The monoisotopic (exact) mass is 395 g/mol. The van der Waals surface area contributed by atoms with E-state index in [1.807, 2.05) is 18.2 Å². The molecule has 2 saturated heterocycles. The number of imidazole rings is 1. The zero-order valence-corrected chi connectivity index (χ0v) is 16.7. The van der Waals surface area contributed by atoms with Gasteiger partial charge in [-0.05, 0) is 26.0 Å². The van der Waals surface area contributed by atoms with Crippen LogP contribution in [0.15, 0.2) is 24.4 Å². The number of hydrogen-bond acceptors (Lipinski definition) is 8. The predicted molar refractivity (Wildman–Crippen MR) is 110 cm³/mol. The summed E-state index contributed by atoms with van der Waals surface area (Å²) in [5.41, 5.74) is 2.28. The minimum atomic E-state index is 0.213. The maximum absolute atomic E-state index is 5.64. The zero-order chi connectivity index (χ0) is 19.8. The fraction of sp³-hybridized carbons (Fsp3) is 0.500. The molecule has 1 unspecified atom stereocenters. The van der Waals surface area contributed by atoms with E-state index >= 15 is 0 Å². The number of morpholine rings is 2. The molecular weight excluding hydrogens is 370 g/mol. The van der Waals surface area contributed by atoms with Crippen LogP contribution < -0.4 is 9.80 Å². The van der Waals surface area contributed by atoms with Gasteiger partial charge in [0, 0.05) is 19.3 Å². The van der Waals surface area contributed by atoms with Crippen LogP contribution in [0.5, 0.6) is 0 Å². The molecule has 5 heterocycles. The SMILES string of the molecule is CC1COCCN1c1nc(N2CCOC[C@@H]2C)nc2nc(-c3ccccn3)[nH]c12. The highest BCUT2D eigenvalue weighted by Crippen LogP contribution is 2.30. The number of aromatic amines is 1. The van der Waals surface area contributed by atoms with Gasteiger partial charge in [-0.25, -0.2) is 4.98 Å². The standard InChI is InChI=1S/C20H25N7O2/c1-13-11-28-9-7-26(13)19-16-18(23-17(22-16)15-5-3-4-6-21-15)24-20(25-19)27-8-10-29-12-14(27)2/h3-6,13-14H,7-12H2,1-2H3,(H,22,23,24,25)/t13?,14-/m0/s1. The van der Waals surface area contributed by atoms with E-state index in [-0.39, 0.29) is 12.1 Å². The summed E-state index contributed by atoms with van der Waals surface area (Å²) < 4.78 is 11.2. The molecule has 0 spiro atoms. The number of aromatic nitrogens is 5. The maximum Gasteiger partial charge on any atom is 0.229 e. The lowest BCUT2D eigenvalue weighted by atomic mass is 10.2. The zero-order valence-electron chi connectivity index (χ0n) is 16.7. The third-order valence-electron chi connectivity index (χ3n) is 5.49. The Labute approximate surface area is 169 Å². The van der Waals surface area contributed by atoms with Crippen molar-refractivity contribution in [3.63, 3.8) is 0 Å². The van der Waals surface area contributed by atoms with Crippen molar-refractivity contribution in [3.05, 3.63) is 24.4 Å². The molecule has 0 saturated carbocycles. The van der Waals surface area contributed by atoms with Crippen molar-refractivity contribution in [3.8, 4) is 11.5 Å². The average molecular weight is 395 g/mol. The molecule has 0 amide bonds. The Balaban J connectivity index is 1.65. The van der Waals surface area contributed by atoms with Gasteiger partial charge >= 0.3 is 0 Å². The Bertz CT molecular complexity index is 993. The quantitative estimate of drug-likeness (QED) is 0.719. The Kier molecular flexibility index (Phi) is 4.76. The molecule has 3 aromatic rings. The largest absolute Gasteiger partial charge is 0.377 e. The third kappa shape index (κ3) is 3.40. The number of hydrogen-bond donors (Lipinski definition) is 1. The highest BCUT2D eigenvalue weighted by molar-refractivity contribution is 5.87. The number of ether oxygens (including phenoxy) is 2. The van der Waals surface area contributed by atoms with Crippen molar-refractivity contribution >= 4 is 22.9 Å². The molecular formula is C20H25N7O2. The van der Waals surface area contributed by atoms with Crippen LogP contribution in [0.3, 0.4) is 0 Å². The van der Waals surface area contributed by atoms with Crippen molar-refractivity contribution in [2.75, 3.05) is 49.3 Å². The Morgan fingerprint density at radius 2 is 1.72 bits per heavy atom. The summed E-state index contributed by atoms with van der Waals surface area (Å²) in [7, 11) is 0. The number of rotatable bonds is 3. The first kappa shape index (κ1) is 18.3. The number of nitrogens with zero attached hydrogens (tertiary/aromatic N) is 6. The first-order chi connectivity index (χ1) is 14.2. The van der Waals surface area contributed by atoms with Gasteiger partial charge in [-0.1, -0.05) is 6.07 Å². The van der Waals surface area contributed by atoms with Crippen LogP contribution in [0.2, 0.25) is 0 Å². The Morgan fingerprint density at radius 3 is 2.41 bits per heavy atom. The fourth-order valence-electron chi connectivity index (χ4n) is 3.90. The lowest BCUT2D eigenvalue weighted by molar-refractivity contribution is 0.0973. The number of nitrogens with one attached hydrogen (secondary N) is 1. The van der Waals surface area contributed by atoms with E-state index in [0.29, 0.717) is 43.8 Å². The van der Waals surface area contributed by atoms with Crippen molar-refractivity contribution in [1.82, 2.24) is 24.9 Å². The number of pyridine rings is 1. The van der Waals surface area contributed by atoms with Gasteiger partial charge in [-0.15, -0.1) is 0 Å². The first-order valence-corrected chi connectivity index (χ1v) is 10.1. The highest BCUT2D eigenvalue weighted by Gasteiger charge is 2.28. The molecule has 5 rings (SSSR count). The molecule has 9 nitrogen and oxygen atoms in total. The van der Waals surface area contributed by atoms with E-state index in [2.05, 4.69) is 33.6 Å². The topological polar surface area (TPSA) is 92.3 Å². The summed E-state index contributed by atoms with van der Waals surface area (Å²) >= 11 is 0. The molecule has 1 N–H and O–H groups in total. The molecule has 2 atom stereocenters. The second kappa shape index (κ2) is 7.57. The van der Waals surface area contributed by atoms with Crippen molar-refractivity contribution in [1.29, 1.82) is 0 Å². The van der Waals surface area contributed by atoms with E-state index in [4.69, 9.17) is 24.4 Å². The average Bonchev–Trinajstić information content (AvgIpc) is 3.19. The van der Waals surface area contributed by atoms with Crippen LogP contribution in [0.25, 0.3) is 22.7 Å². The molecule has 0 aliphatic carbocycles. The van der Waals surface area contributed by atoms with Crippen LogP contribution in [0.4, 0.5) is 11.8 Å². The molecule has 2 fully saturated rings. The fourth-order valence-corrected chi connectivity index (χ4v) is 3.90. The molecule has 3 aromatic heterocycles. The number of H-pyrrole nitrogens is 1. The van der Waals surface area contributed by atoms with Crippen molar-refractivity contribution in [2.45, 2.75) is 25.9 Å². The molecule has 0 bridgehead atoms. The molecule has 9 heteroatoms. The van der Waals surface area contributed by atoms with E-state index < -0.39 is 0 Å². The molecule has 152 valence electrons. The summed E-state index contributed by atoms with van der Waals surface area (Å²) in [5.74, 6) is 2.26. The minimum absolute atomic E-state index is 0.213. The van der Waals surface area contributed by atoms with Crippen LogP contribution in [-0.4, -0.2) is 76.5 Å². The molecule has 0 aromatic carbocycles. The molecule has 2 aliphatic rings. The van der Waals surface area contributed by atoms with Crippen molar-refractivity contribution < 1.29 is 9.47 Å². The third-order valence-corrected chi connectivity index (χ3v) is 5.49. The van der Waals surface area contributed by atoms with E-state index in [1.165, 1.54) is 0 Å². The molecule has 29 heavy (non-hydrogen) atoms. The van der Waals surface area contributed by atoms with Gasteiger partial charge < -0.3 is 24.3 Å². The summed E-state index contributed by atoms with van der Waals surface area (Å²) in [5, 5.41) is 0. The van der Waals surface area contributed by atoms with Crippen LogP contribution >= 0.6 is 0 Å². The lowest BCUT2D eigenvalue weighted by Crippen LogP contribution is -2.46. The smallest absolute Gasteiger partial charge is 0.229 e. The lowest BCUT2D eigenvalue weighted by Gasteiger charge is -2.36. The van der Waals surface area contributed by atoms with Crippen LogP contribution in [0.1, 0.15) is 13.8 Å². The summed E-state index contributed by atoms with van der Waals surface area (Å²) in [6.45, 7) is 8.54. The van der Waals surface area contributed by atoms with Gasteiger partial charge in [0.1, 0.15) is 11.2 Å². The highest BCUT2D eigenvalue weighted by atomic mass is 16.5. The second-order valence-corrected chi connectivity index (χ2v) is 7.58. The predicted octanol–water partition coefficient (Wildman–Crippen LogP) is 1.87. The summed E-state index contributed by atoms with van der Waals surface area (Å²) in [4.78, 5) is 26.9. The Morgan fingerprint density at radius 1 is 0.966 bits per heavy atom. The minimum Gasteiger partial charge on any atom is -0.377 e.